The molecule has 2 N–H and O–H groups in total. The van der Waals surface area contributed by atoms with Crippen LogP contribution in [-0.4, -0.2) is 38.4 Å². The third-order valence-electron chi connectivity index (χ3n) is 3.53. The van der Waals surface area contributed by atoms with Crippen LogP contribution in [0.5, 0.6) is 5.75 Å². The van der Waals surface area contributed by atoms with E-state index in [1.54, 1.807) is 40.8 Å². The van der Waals surface area contributed by atoms with Crippen LogP contribution < -0.4 is 10.2 Å². The second-order valence-corrected chi connectivity index (χ2v) is 7.38. The van der Waals surface area contributed by atoms with Crippen molar-refractivity contribution in [2.45, 2.75) is 46.8 Å². The monoisotopic (exact) mass is 400 g/mol. The first kappa shape index (κ1) is 22.0. The van der Waals surface area contributed by atoms with E-state index in [2.05, 4.69) is 15.3 Å². The van der Waals surface area contributed by atoms with Gasteiger partial charge in [-0.2, -0.15) is 0 Å². The summed E-state index contributed by atoms with van der Waals surface area (Å²) in [6.07, 6.45) is 3.99. The second-order valence-electron chi connectivity index (χ2n) is 7.38. The van der Waals surface area contributed by atoms with Gasteiger partial charge in [0.05, 0.1) is 18.9 Å². The Balaban J connectivity index is 2.06. The zero-order valence-corrected chi connectivity index (χ0v) is 17.5. The maximum Gasteiger partial charge on any atom is 0.443 e. The Morgan fingerprint density at radius 3 is 2.55 bits per heavy atom. The average Bonchev–Trinajstić information content (AvgIpc) is 2.65. The molecule has 0 saturated heterocycles. The fourth-order valence-electron chi connectivity index (χ4n) is 2.32. The first-order chi connectivity index (χ1) is 13.7. The third kappa shape index (κ3) is 7.33. The standard InChI is InChI=1S/C21H28N4O4/c1-6-25(20(27)28-21(3,4)5)29-18-13-23-19(24-14-18)17-9-7-8-16(10-17)12-22-11-15(2)26/h7-11,13-14,22,26H,6,12H2,1-5H3/b15-11-. The number of carbonyl (C=O) groups is 1. The molecule has 0 bridgehead atoms. The molecule has 0 atom stereocenters. The van der Waals surface area contributed by atoms with Crippen LogP contribution in [0.3, 0.4) is 0 Å². The van der Waals surface area contributed by atoms with Gasteiger partial charge in [0.15, 0.2) is 11.6 Å². The summed E-state index contributed by atoms with van der Waals surface area (Å²) in [6, 6.07) is 7.75. The number of nitrogens with zero attached hydrogens (tertiary/aromatic N) is 3. The van der Waals surface area contributed by atoms with E-state index in [1.807, 2.05) is 24.3 Å². The van der Waals surface area contributed by atoms with Crippen LogP contribution in [0.2, 0.25) is 0 Å². The van der Waals surface area contributed by atoms with Crippen LogP contribution in [0, 0.1) is 0 Å². The van der Waals surface area contributed by atoms with Gasteiger partial charge < -0.3 is 20.0 Å². The topological polar surface area (TPSA) is 96.8 Å². The Morgan fingerprint density at radius 2 is 1.97 bits per heavy atom. The molecule has 0 spiro atoms. The lowest BCUT2D eigenvalue weighted by Crippen LogP contribution is -2.38. The van der Waals surface area contributed by atoms with Gasteiger partial charge in [0.25, 0.3) is 0 Å². The van der Waals surface area contributed by atoms with Crippen LogP contribution in [0.25, 0.3) is 11.4 Å². The van der Waals surface area contributed by atoms with Crippen molar-refractivity contribution in [3.05, 3.63) is 54.2 Å². The van der Waals surface area contributed by atoms with Crippen molar-refractivity contribution < 1.29 is 19.5 Å². The lowest BCUT2D eigenvalue weighted by Gasteiger charge is -2.25. The second kappa shape index (κ2) is 9.77. The highest BCUT2D eigenvalue weighted by Gasteiger charge is 2.22. The Bertz CT molecular complexity index is 841. The molecule has 2 rings (SSSR count). The average molecular weight is 400 g/mol. The molecule has 2 aromatic rings. The molecular weight excluding hydrogens is 372 g/mol. The van der Waals surface area contributed by atoms with Crippen molar-refractivity contribution in [3.63, 3.8) is 0 Å². The Labute approximate surface area is 171 Å². The smallest absolute Gasteiger partial charge is 0.443 e. The highest BCUT2D eigenvalue weighted by molar-refractivity contribution is 5.67. The number of hydrogen-bond donors (Lipinski definition) is 2. The summed E-state index contributed by atoms with van der Waals surface area (Å²) in [5, 5.41) is 13.3. The first-order valence-electron chi connectivity index (χ1n) is 9.37. The van der Waals surface area contributed by atoms with Crippen molar-refractivity contribution in [1.29, 1.82) is 0 Å². The largest absolute Gasteiger partial charge is 0.511 e. The number of ether oxygens (including phenoxy) is 1. The molecule has 0 radical (unpaired) electrons. The zero-order valence-electron chi connectivity index (χ0n) is 17.5. The molecule has 1 heterocycles. The van der Waals surface area contributed by atoms with Crippen LogP contribution in [-0.2, 0) is 11.3 Å². The quantitative estimate of drug-likeness (QED) is 0.531. The molecule has 0 aliphatic carbocycles. The number of hydrogen-bond acceptors (Lipinski definition) is 7. The van der Waals surface area contributed by atoms with Gasteiger partial charge in [-0.15, -0.1) is 5.06 Å². The van der Waals surface area contributed by atoms with Gasteiger partial charge in [0.2, 0.25) is 0 Å². The summed E-state index contributed by atoms with van der Waals surface area (Å²) in [4.78, 5) is 26.4. The molecule has 1 aromatic heterocycles. The minimum absolute atomic E-state index is 0.215. The van der Waals surface area contributed by atoms with Gasteiger partial charge in [0, 0.05) is 18.3 Å². The number of aliphatic hydroxyl groups excluding tert-OH is 1. The van der Waals surface area contributed by atoms with Crippen LogP contribution >= 0.6 is 0 Å². The van der Waals surface area contributed by atoms with Crippen molar-refractivity contribution in [2.24, 2.45) is 0 Å². The number of aliphatic hydroxyl groups is 1. The van der Waals surface area contributed by atoms with Gasteiger partial charge in [-0.25, -0.2) is 14.8 Å². The molecule has 0 unspecified atom stereocenters. The van der Waals surface area contributed by atoms with Crippen molar-refractivity contribution in [1.82, 2.24) is 20.3 Å². The van der Waals surface area contributed by atoms with Crippen molar-refractivity contribution in [3.8, 4) is 17.1 Å². The molecule has 0 saturated carbocycles. The number of hydroxylamine groups is 2. The molecule has 0 aliphatic heterocycles. The van der Waals surface area contributed by atoms with E-state index < -0.39 is 11.7 Å². The molecule has 156 valence electrons. The minimum Gasteiger partial charge on any atom is -0.511 e. The van der Waals surface area contributed by atoms with E-state index in [-0.39, 0.29) is 5.76 Å². The van der Waals surface area contributed by atoms with E-state index in [4.69, 9.17) is 9.57 Å². The SMILES string of the molecule is CCN(Oc1cnc(-c2cccc(CN/C=C(/C)O)c2)nc1)C(=O)OC(C)(C)C. The molecule has 1 aromatic carbocycles. The predicted molar refractivity (Wildman–Crippen MR) is 110 cm³/mol. The molecule has 0 aliphatic rings. The maximum absolute atomic E-state index is 12.2. The van der Waals surface area contributed by atoms with Gasteiger partial charge in [-0.1, -0.05) is 18.2 Å². The van der Waals surface area contributed by atoms with Crippen molar-refractivity contribution >= 4 is 6.09 Å². The predicted octanol–water partition coefficient (Wildman–Crippen LogP) is 4.20. The number of nitrogens with one attached hydrogen (secondary N) is 1. The molecule has 1 amide bonds. The van der Waals surface area contributed by atoms with Gasteiger partial charge in [0.1, 0.15) is 11.4 Å². The third-order valence-corrected chi connectivity index (χ3v) is 3.53. The van der Waals surface area contributed by atoms with E-state index in [1.165, 1.54) is 12.4 Å². The van der Waals surface area contributed by atoms with Crippen LogP contribution in [0.1, 0.15) is 40.2 Å². The maximum atomic E-state index is 12.2. The Morgan fingerprint density at radius 1 is 1.28 bits per heavy atom. The highest BCUT2D eigenvalue weighted by atomic mass is 16.7. The molecular formula is C21H28N4O4. The summed E-state index contributed by atoms with van der Waals surface area (Å²) in [7, 11) is 0. The summed E-state index contributed by atoms with van der Waals surface area (Å²) in [5.74, 6) is 1.09. The number of aromatic nitrogens is 2. The normalized spacial score (nSPS) is 11.7. The van der Waals surface area contributed by atoms with Gasteiger partial charge >= 0.3 is 6.09 Å². The Kier molecular flexibility index (Phi) is 7.41. The van der Waals surface area contributed by atoms with Crippen LogP contribution in [0.4, 0.5) is 4.79 Å². The minimum atomic E-state index is -0.611. The van der Waals surface area contributed by atoms with E-state index in [0.29, 0.717) is 24.7 Å². The van der Waals surface area contributed by atoms with Gasteiger partial charge in [-0.05, 0) is 46.2 Å². The molecule has 8 nitrogen and oxygen atoms in total. The fraction of sp³-hybridized carbons (Fsp3) is 0.381. The lowest BCUT2D eigenvalue weighted by atomic mass is 10.1. The summed E-state index contributed by atoms with van der Waals surface area (Å²) in [5.41, 5.74) is 1.26. The van der Waals surface area contributed by atoms with Gasteiger partial charge in [-0.3, -0.25) is 0 Å². The summed E-state index contributed by atoms with van der Waals surface area (Å²) in [6.45, 7) is 9.64. The van der Waals surface area contributed by atoms with Crippen molar-refractivity contribution in [2.75, 3.05) is 6.54 Å². The van der Waals surface area contributed by atoms with E-state index in [9.17, 15) is 9.90 Å². The number of rotatable bonds is 7. The molecule has 8 heteroatoms. The summed E-state index contributed by atoms with van der Waals surface area (Å²) < 4.78 is 5.31. The molecule has 29 heavy (non-hydrogen) atoms. The highest BCUT2D eigenvalue weighted by Crippen LogP contribution is 2.19. The number of benzene rings is 1. The zero-order chi connectivity index (χ0) is 21.4. The number of allylic oxidation sites excluding steroid dienone is 1. The summed E-state index contributed by atoms with van der Waals surface area (Å²) >= 11 is 0. The number of carbonyl (C=O) groups excluding carboxylic acids is 1. The van der Waals surface area contributed by atoms with E-state index >= 15 is 0 Å². The number of amides is 1. The van der Waals surface area contributed by atoms with E-state index in [0.717, 1.165) is 16.2 Å². The molecule has 0 fully saturated rings. The first-order valence-corrected chi connectivity index (χ1v) is 9.37. The Hall–Kier alpha value is -3.29. The fourth-order valence-corrected chi connectivity index (χ4v) is 2.32. The van der Waals surface area contributed by atoms with Crippen LogP contribution in [0.15, 0.2) is 48.6 Å². The lowest BCUT2D eigenvalue weighted by molar-refractivity contribution is -0.0697.